The maximum absolute atomic E-state index is 9.15. The SMILES string of the molecule is CC(C)C(CCO)Nc1ccc(N)c2cnccc12. The summed E-state index contributed by atoms with van der Waals surface area (Å²) in [5, 5.41) is 14.7. The number of nitrogens with zero attached hydrogens (tertiary/aromatic N) is 1. The van der Waals surface area contributed by atoms with E-state index in [1.54, 1.807) is 12.4 Å². The Morgan fingerprint density at radius 2 is 2.05 bits per heavy atom. The monoisotopic (exact) mass is 259 g/mol. The average molecular weight is 259 g/mol. The Morgan fingerprint density at radius 1 is 1.26 bits per heavy atom. The van der Waals surface area contributed by atoms with Crippen molar-refractivity contribution in [2.24, 2.45) is 5.92 Å². The van der Waals surface area contributed by atoms with Crippen LogP contribution in [0.2, 0.25) is 0 Å². The molecule has 0 amide bonds. The van der Waals surface area contributed by atoms with Gasteiger partial charge in [0.25, 0.3) is 0 Å². The number of pyridine rings is 1. The lowest BCUT2D eigenvalue weighted by Gasteiger charge is -2.24. The van der Waals surface area contributed by atoms with Crippen molar-refractivity contribution in [3.63, 3.8) is 0 Å². The molecule has 0 saturated heterocycles. The van der Waals surface area contributed by atoms with Crippen LogP contribution in [0.4, 0.5) is 11.4 Å². The van der Waals surface area contributed by atoms with Crippen molar-refractivity contribution in [3.05, 3.63) is 30.6 Å². The fraction of sp³-hybridized carbons (Fsp3) is 0.400. The topological polar surface area (TPSA) is 71.2 Å². The van der Waals surface area contributed by atoms with Crippen molar-refractivity contribution < 1.29 is 5.11 Å². The highest BCUT2D eigenvalue weighted by molar-refractivity contribution is 6.00. The van der Waals surface area contributed by atoms with Gasteiger partial charge in [-0.15, -0.1) is 0 Å². The molecule has 4 N–H and O–H groups in total. The van der Waals surface area contributed by atoms with Gasteiger partial charge in [0.2, 0.25) is 0 Å². The van der Waals surface area contributed by atoms with E-state index < -0.39 is 0 Å². The number of aliphatic hydroxyl groups excluding tert-OH is 1. The van der Waals surface area contributed by atoms with Gasteiger partial charge in [-0.25, -0.2) is 0 Å². The Morgan fingerprint density at radius 3 is 2.74 bits per heavy atom. The number of nitrogens with two attached hydrogens (primary N) is 1. The van der Waals surface area contributed by atoms with Crippen LogP contribution in [0.1, 0.15) is 20.3 Å². The Labute approximate surface area is 113 Å². The maximum atomic E-state index is 9.15. The molecule has 4 nitrogen and oxygen atoms in total. The number of hydrogen-bond acceptors (Lipinski definition) is 4. The summed E-state index contributed by atoms with van der Waals surface area (Å²) < 4.78 is 0. The number of anilines is 2. The maximum Gasteiger partial charge on any atom is 0.0450 e. The van der Waals surface area contributed by atoms with E-state index in [2.05, 4.69) is 24.1 Å². The standard InChI is InChI=1S/C15H21N3O/c1-10(2)14(6-8-19)18-15-4-3-13(16)12-9-17-7-5-11(12)15/h3-5,7,9-10,14,18-19H,6,8,16H2,1-2H3. The van der Waals surface area contributed by atoms with Crippen molar-refractivity contribution in [2.45, 2.75) is 26.3 Å². The number of rotatable bonds is 5. The summed E-state index contributed by atoms with van der Waals surface area (Å²) in [4.78, 5) is 4.12. The molecule has 1 aromatic heterocycles. The zero-order chi connectivity index (χ0) is 13.8. The molecule has 0 aliphatic carbocycles. The number of fused-ring (bicyclic) bond motifs is 1. The summed E-state index contributed by atoms with van der Waals surface area (Å²) in [7, 11) is 0. The first-order chi connectivity index (χ1) is 9.13. The highest BCUT2D eigenvalue weighted by atomic mass is 16.3. The van der Waals surface area contributed by atoms with E-state index in [1.165, 1.54) is 0 Å². The van der Waals surface area contributed by atoms with Gasteiger partial charge in [0.15, 0.2) is 0 Å². The molecular formula is C15H21N3O. The molecule has 0 saturated carbocycles. The van der Waals surface area contributed by atoms with Gasteiger partial charge in [-0.1, -0.05) is 13.8 Å². The summed E-state index contributed by atoms with van der Waals surface area (Å²) in [5.41, 5.74) is 7.74. The Balaban J connectivity index is 2.37. The van der Waals surface area contributed by atoms with Crippen LogP contribution in [-0.2, 0) is 0 Å². The number of benzene rings is 1. The number of aliphatic hydroxyl groups is 1. The van der Waals surface area contributed by atoms with Gasteiger partial charge in [0.1, 0.15) is 0 Å². The first-order valence-corrected chi connectivity index (χ1v) is 6.63. The molecule has 0 aliphatic heterocycles. The van der Waals surface area contributed by atoms with Gasteiger partial charge in [-0.05, 0) is 30.5 Å². The van der Waals surface area contributed by atoms with Crippen molar-refractivity contribution >= 4 is 22.1 Å². The minimum absolute atomic E-state index is 0.185. The number of aromatic nitrogens is 1. The molecule has 0 radical (unpaired) electrons. The van der Waals surface area contributed by atoms with E-state index in [4.69, 9.17) is 10.8 Å². The summed E-state index contributed by atoms with van der Waals surface area (Å²) in [6.45, 7) is 4.48. The third-order valence-electron chi connectivity index (χ3n) is 3.44. The lowest BCUT2D eigenvalue weighted by molar-refractivity contribution is 0.267. The van der Waals surface area contributed by atoms with E-state index in [9.17, 15) is 0 Å². The third kappa shape index (κ3) is 2.96. The van der Waals surface area contributed by atoms with Crippen LogP contribution in [0.5, 0.6) is 0 Å². The van der Waals surface area contributed by atoms with Crippen LogP contribution >= 0.6 is 0 Å². The quantitative estimate of drug-likeness (QED) is 0.722. The predicted molar refractivity (Wildman–Crippen MR) is 80.1 cm³/mol. The van der Waals surface area contributed by atoms with E-state index in [-0.39, 0.29) is 12.6 Å². The highest BCUT2D eigenvalue weighted by Crippen LogP contribution is 2.28. The molecule has 0 fully saturated rings. The molecule has 0 aliphatic rings. The summed E-state index contributed by atoms with van der Waals surface area (Å²) in [6.07, 6.45) is 4.28. The van der Waals surface area contributed by atoms with Gasteiger partial charge >= 0.3 is 0 Å². The first-order valence-electron chi connectivity index (χ1n) is 6.63. The lowest BCUT2D eigenvalue weighted by Crippen LogP contribution is -2.26. The normalized spacial score (nSPS) is 12.8. The zero-order valence-electron chi connectivity index (χ0n) is 11.4. The van der Waals surface area contributed by atoms with E-state index in [1.807, 2.05) is 18.2 Å². The van der Waals surface area contributed by atoms with Crippen LogP contribution in [0, 0.1) is 5.92 Å². The van der Waals surface area contributed by atoms with E-state index in [0.29, 0.717) is 5.92 Å². The average Bonchev–Trinajstić information content (AvgIpc) is 2.41. The zero-order valence-corrected chi connectivity index (χ0v) is 11.4. The molecule has 19 heavy (non-hydrogen) atoms. The summed E-state index contributed by atoms with van der Waals surface area (Å²) in [6, 6.07) is 6.09. The summed E-state index contributed by atoms with van der Waals surface area (Å²) >= 11 is 0. The number of nitrogen functional groups attached to an aromatic ring is 1. The molecular weight excluding hydrogens is 238 g/mol. The molecule has 102 valence electrons. The Bertz CT molecular complexity index is 554. The second-order valence-electron chi connectivity index (χ2n) is 5.13. The van der Waals surface area contributed by atoms with Crippen molar-refractivity contribution in [1.29, 1.82) is 0 Å². The van der Waals surface area contributed by atoms with Crippen molar-refractivity contribution in [1.82, 2.24) is 4.98 Å². The van der Waals surface area contributed by atoms with Crippen LogP contribution in [0.15, 0.2) is 30.6 Å². The summed E-state index contributed by atoms with van der Waals surface area (Å²) in [5.74, 6) is 0.446. The predicted octanol–water partition coefficient (Wildman–Crippen LogP) is 2.64. The fourth-order valence-corrected chi connectivity index (χ4v) is 2.25. The Hall–Kier alpha value is -1.81. The molecule has 1 heterocycles. The smallest absolute Gasteiger partial charge is 0.0450 e. The molecule has 0 bridgehead atoms. The minimum atomic E-state index is 0.185. The second-order valence-corrected chi connectivity index (χ2v) is 5.13. The fourth-order valence-electron chi connectivity index (χ4n) is 2.25. The van der Waals surface area contributed by atoms with E-state index in [0.717, 1.165) is 28.6 Å². The van der Waals surface area contributed by atoms with Gasteiger partial charge in [0.05, 0.1) is 0 Å². The molecule has 2 rings (SSSR count). The Kier molecular flexibility index (Phi) is 4.22. The van der Waals surface area contributed by atoms with Crippen molar-refractivity contribution in [3.8, 4) is 0 Å². The molecule has 0 spiro atoms. The third-order valence-corrected chi connectivity index (χ3v) is 3.44. The minimum Gasteiger partial charge on any atom is -0.398 e. The first kappa shape index (κ1) is 13.6. The lowest BCUT2D eigenvalue weighted by atomic mass is 10.00. The molecule has 2 aromatic rings. The van der Waals surface area contributed by atoms with Crippen molar-refractivity contribution in [2.75, 3.05) is 17.7 Å². The number of hydrogen-bond donors (Lipinski definition) is 3. The molecule has 1 atom stereocenters. The van der Waals surface area contributed by atoms with Gasteiger partial charge in [0, 0.05) is 47.2 Å². The second kappa shape index (κ2) is 5.89. The van der Waals surface area contributed by atoms with Gasteiger partial charge in [-0.3, -0.25) is 4.98 Å². The highest BCUT2D eigenvalue weighted by Gasteiger charge is 2.14. The van der Waals surface area contributed by atoms with Crippen LogP contribution < -0.4 is 11.1 Å². The molecule has 1 aromatic carbocycles. The molecule has 4 heteroatoms. The van der Waals surface area contributed by atoms with Crippen LogP contribution in [-0.4, -0.2) is 22.7 Å². The van der Waals surface area contributed by atoms with Gasteiger partial charge in [-0.2, -0.15) is 0 Å². The largest absolute Gasteiger partial charge is 0.398 e. The van der Waals surface area contributed by atoms with E-state index >= 15 is 0 Å². The van der Waals surface area contributed by atoms with Crippen LogP contribution in [0.3, 0.4) is 0 Å². The van der Waals surface area contributed by atoms with Crippen LogP contribution in [0.25, 0.3) is 10.8 Å². The molecule has 1 unspecified atom stereocenters. The number of nitrogens with one attached hydrogen (secondary N) is 1. The van der Waals surface area contributed by atoms with Gasteiger partial charge < -0.3 is 16.2 Å².